The van der Waals surface area contributed by atoms with Gasteiger partial charge in [-0.05, 0) is 29.7 Å². The molecule has 0 aromatic heterocycles. The van der Waals surface area contributed by atoms with Crippen molar-refractivity contribution in [3.8, 4) is 11.5 Å². The lowest BCUT2D eigenvalue weighted by molar-refractivity contribution is 1.53. The Hall–Kier alpha value is -2.04. The molecule has 2 aromatic carbocycles. The zero-order valence-electron chi connectivity index (χ0n) is 13.3. The van der Waals surface area contributed by atoms with Crippen molar-refractivity contribution in [1.29, 1.82) is 0 Å². The average Bonchev–Trinajstić information content (AvgIpc) is 2.46. The summed E-state index contributed by atoms with van der Waals surface area (Å²) >= 11 is 0. The van der Waals surface area contributed by atoms with Gasteiger partial charge in [0.15, 0.2) is 0 Å². The van der Waals surface area contributed by atoms with Crippen molar-refractivity contribution in [3.05, 3.63) is 71.3 Å². The highest BCUT2D eigenvalue weighted by Crippen LogP contribution is 2.21. The van der Waals surface area contributed by atoms with Crippen molar-refractivity contribution in [2.45, 2.75) is 26.6 Å². The Morgan fingerprint density at radius 1 is 0.905 bits per heavy atom. The van der Waals surface area contributed by atoms with Crippen LogP contribution in [0, 0.1) is 11.5 Å². The Labute approximate surface area is 129 Å². The first-order chi connectivity index (χ1) is 9.96. The molecule has 0 heterocycles. The van der Waals surface area contributed by atoms with E-state index >= 15 is 0 Å². The Morgan fingerprint density at radius 2 is 1.52 bits per heavy atom. The summed E-state index contributed by atoms with van der Waals surface area (Å²) in [7, 11) is -1.35. The van der Waals surface area contributed by atoms with Gasteiger partial charge in [-0.25, -0.2) is 0 Å². The number of hydrogen-bond donors (Lipinski definition) is 0. The lowest BCUT2D eigenvalue weighted by Gasteiger charge is -2.07. The van der Waals surface area contributed by atoms with Gasteiger partial charge in [-0.1, -0.05) is 80.2 Å². The van der Waals surface area contributed by atoms with E-state index < -0.39 is 8.07 Å². The van der Waals surface area contributed by atoms with Gasteiger partial charge in [-0.15, -0.1) is 5.54 Å². The van der Waals surface area contributed by atoms with Crippen LogP contribution < -0.4 is 0 Å². The van der Waals surface area contributed by atoms with Crippen LogP contribution in [0.25, 0.3) is 11.6 Å². The Bertz CT molecular complexity index is 692. The SMILES string of the molecule is C/C(=C\c1ccccc1)c1ccccc1C#C[Si](C)(C)C. The highest BCUT2D eigenvalue weighted by molar-refractivity contribution is 6.83. The normalized spacial score (nSPS) is 11.7. The van der Waals surface area contributed by atoms with Crippen LogP contribution >= 0.6 is 0 Å². The molecule has 0 saturated carbocycles. The van der Waals surface area contributed by atoms with Gasteiger partial charge in [0.05, 0.1) is 0 Å². The van der Waals surface area contributed by atoms with Crippen molar-refractivity contribution < 1.29 is 0 Å². The molecule has 0 bridgehead atoms. The van der Waals surface area contributed by atoms with Crippen LogP contribution in [-0.4, -0.2) is 8.07 Å². The van der Waals surface area contributed by atoms with Crippen LogP contribution in [0.1, 0.15) is 23.6 Å². The van der Waals surface area contributed by atoms with Gasteiger partial charge >= 0.3 is 0 Å². The van der Waals surface area contributed by atoms with E-state index in [1.165, 1.54) is 16.7 Å². The van der Waals surface area contributed by atoms with Crippen LogP contribution in [-0.2, 0) is 0 Å². The predicted octanol–water partition coefficient (Wildman–Crippen LogP) is 5.48. The second-order valence-corrected chi connectivity index (χ2v) is 11.0. The first-order valence-electron chi connectivity index (χ1n) is 7.32. The van der Waals surface area contributed by atoms with Crippen molar-refractivity contribution in [1.82, 2.24) is 0 Å². The number of rotatable bonds is 2. The van der Waals surface area contributed by atoms with Gasteiger partial charge in [0, 0.05) is 5.56 Å². The summed E-state index contributed by atoms with van der Waals surface area (Å²) in [4.78, 5) is 0. The summed E-state index contributed by atoms with van der Waals surface area (Å²) in [6.45, 7) is 8.97. The molecular formula is C20H22Si. The van der Waals surface area contributed by atoms with E-state index in [9.17, 15) is 0 Å². The second-order valence-electron chi connectivity index (χ2n) is 6.28. The average molecular weight is 290 g/mol. The van der Waals surface area contributed by atoms with Gasteiger partial charge in [0.2, 0.25) is 0 Å². The van der Waals surface area contributed by atoms with E-state index in [4.69, 9.17) is 0 Å². The molecule has 0 spiro atoms. The van der Waals surface area contributed by atoms with Crippen molar-refractivity contribution >= 4 is 19.7 Å². The molecule has 0 saturated heterocycles. The zero-order chi connectivity index (χ0) is 15.3. The molecule has 0 aliphatic rings. The third-order valence-corrected chi connectivity index (χ3v) is 3.98. The minimum absolute atomic E-state index is 1.13. The lowest BCUT2D eigenvalue weighted by atomic mass is 9.99. The second kappa shape index (κ2) is 6.61. The van der Waals surface area contributed by atoms with E-state index in [0.29, 0.717) is 0 Å². The number of allylic oxidation sites excluding steroid dienone is 1. The van der Waals surface area contributed by atoms with E-state index in [0.717, 1.165) is 5.56 Å². The maximum Gasteiger partial charge on any atom is 0.129 e. The zero-order valence-corrected chi connectivity index (χ0v) is 14.3. The first kappa shape index (κ1) is 15.3. The molecular weight excluding hydrogens is 268 g/mol. The summed E-state index contributed by atoms with van der Waals surface area (Å²) in [5.41, 5.74) is 8.29. The fourth-order valence-electron chi connectivity index (χ4n) is 2.07. The Kier molecular flexibility index (Phi) is 4.83. The minimum atomic E-state index is -1.35. The van der Waals surface area contributed by atoms with E-state index in [2.05, 4.69) is 92.6 Å². The largest absolute Gasteiger partial charge is 0.129 e. The topological polar surface area (TPSA) is 0 Å². The number of hydrogen-bond acceptors (Lipinski definition) is 0. The quantitative estimate of drug-likeness (QED) is 0.390. The van der Waals surface area contributed by atoms with Gasteiger partial charge in [0.25, 0.3) is 0 Å². The summed E-state index contributed by atoms with van der Waals surface area (Å²) in [5, 5.41) is 0. The van der Waals surface area contributed by atoms with Gasteiger partial charge in [-0.3, -0.25) is 0 Å². The molecule has 0 N–H and O–H groups in total. The fraction of sp³-hybridized carbons (Fsp3) is 0.200. The van der Waals surface area contributed by atoms with Crippen LogP contribution in [0.5, 0.6) is 0 Å². The van der Waals surface area contributed by atoms with Crippen LogP contribution in [0.4, 0.5) is 0 Å². The predicted molar refractivity (Wildman–Crippen MR) is 96.7 cm³/mol. The molecule has 21 heavy (non-hydrogen) atoms. The molecule has 0 radical (unpaired) electrons. The van der Waals surface area contributed by atoms with Crippen LogP contribution in [0.2, 0.25) is 19.6 Å². The van der Waals surface area contributed by atoms with Gasteiger partial charge in [-0.2, -0.15) is 0 Å². The first-order valence-corrected chi connectivity index (χ1v) is 10.8. The standard InChI is InChI=1S/C20H22Si/c1-17(16-18-10-6-5-7-11-18)20-13-9-8-12-19(20)14-15-21(2,3)4/h5-13,16H,1-4H3/b17-16+. The van der Waals surface area contributed by atoms with Crippen molar-refractivity contribution in [2.75, 3.05) is 0 Å². The Balaban J connectivity index is 2.40. The molecule has 0 amide bonds. The van der Waals surface area contributed by atoms with Crippen molar-refractivity contribution in [3.63, 3.8) is 0 Å². The summed E-state index contributed by atoms with van der Waals surface area (Å²) < 4.78 is 0. The molecule has 2 rings (SSSR count). The molecule has 1 heteroatoms. The van der Waals surface area contributed by atoms with Crippen molar-refractivity contribution in [2.24, 2.45) is 0 Å². The molecule has 0 unspecified atom stereocenters. The Morgan fingerprint density at radius 3 is 2.19 bits per heavy atom. The molecule has 0 aliphatic heterocycles. The highest BCUT2D eigenvalue weighted by Gasteiger charge is 2.08. The van der Waals surface area contributed by atoms with E-state index in [1.807, 2.05) is 6.07 Å². The molecule has 0 atom stereocenters. The maximum absolute atomic E-state index is 3.46. The van der Waals surface area contributed by atoms with E-state index in [-0.39, 0.29) is 0 Å². The number of benzene rings is 2. The monoisotopic (exact) mass is 290 g/mol. The summed E-state index contributed by atoms with van der Waals surface area (Å²) in [5.74, 6) is 3.39. The minimum Gasteiger partial charge on any atom is -0.127 e. The van der Waals surface area contributed by atoms with E-state index in [1.54, 1.807) is 0 Å². The maximum atomic E-state index is 3.46. The van der Waals surface area contributed by atoms with Gasteiger partial charge in [0.1, 0.15) is 8.07 Å². The van der Waals surface area contributed by atoms with Crippen LogP contribution in [0.15, 0.2) is 54.6 Å². The lowest BCUT2D eigenvalue weighted by Crippen LogP contribution is -2.16. The molecule has 0 nitrogen and oxygen atoms in total. The van der Waals surface area contributed by atoms with Crippen LogP contribution in [0.3, 0.4) is 0 Å². The molecule has 0 fully saturated rings. The molecule has 0 aliphatic carbocycles. The fourth-order valence-corrected chi connectivity index (χ4v) is 2.58. The summed E-state index contributed by atoms with van der Waals surface area (Å²) in [6, 6.07) is 18.8. The van der Waals surface area contributed by atoms with Gasteiger partial charge < -0.3 is 0 Å². The smallest absolute Gasteiger partial charge is 0.127 e. The molecule has 106 valence electrons. The third kappa shape index (κ3) is 4.77. The summed E-state index contributed by atoms with van der Waals surface area (Å²) in [6.07, 6.45) is 2.22. The molecule has 2 aromatic rings. The third-order valence-electron chi connectivity index (χ3n) is 3.11. The highest BCUT2D eigenvalue weighted by atomic mass is 28.3.